The minimum atomic E-state index is 0.855. The first kappa shape index (κ1) is 29.3. The van der Waals surface area contributed by atoms with E-state index in [4.69, 9.17) is 4.98 Å². The van der Waals surface area contributed by atoms with E-state index in [0.717, 1.165) is 41.1 Å². The summed E-state index contributed by atoms with van der Waals surface area (Å²) in [6.45, 7) is 2.17. The van der Waals surface area contributed by atoms with Crippen molar-refractivity contribution in [3.63, 3.8) is 0 Å². The first-order chi connectivity index (χ1) is 23.8. The first-order valence-corrected chi connectivity index (χ1v) is 16.6. The normalized spacial score (nSPS) is 11.9. The van der Waals surface area contributed by atoms with Gasteiger partial charge in [0.15, 0.2) is 0 Å². The Bertz CT molecular complexity index is 2430. The van der Waals surface area contributed by atoms with Gasteiger partial charge in [-0.2, -0.15) is 0 Å². The van der Waals surface area contributed by atoms with Crippen LogP contribution in [0, 0.1) is 0 Å². The number of aromatic nitrogens is 3. The van der Waals surface area contributed by atoms with Crippen molar-refractivity contribution in [2.75, 3.05) is 0 Å². The molecule has 0 unspecified atom stereocenters. The Balaban J connectivity index is 1.26. The molecule has 0 aliphatic rings. The molecule has 5 aromatic carbocycles. The van der Waals surface area contributed by atoms with Crippen LogP contribution in [0.25, 0.3) is 72.1 Å². The highest BCUT2D eigenvalue weighted by Gasteiger charge is 2.17. The maximum Gasteiger partial charge on any atom is 0.145 e. The molecule has 230 valence electrons. The highest BCUT2D eigenvalue weighted by Crippen LogP contribution is 2.41. The van der Waals surface area contributed by atoms with E-state index >= 15 is 0 Å². The maximum absolute atomic E-state index is 5.09. The van der Waals surface area contributed by atoms with E-state index in [0.29, 0.717) is 0 Å². The Morgan fingerprint density at radius 2 is 1.29 bits per heavy atom. The standard InChI is InChI=1S/C45H35N3/c1-2-3-4-5-9-18-37-36-19-10-11-20-38(36)43(33-16-7-6-8-17-33)39-28-27-35(31-40(37)39)32-23-25-34(26-24-32)45-47-44(41-21-12-14-29-46-41)42-22-13-15-30-48(42)45/h3-17,19-31H,2,18H2,1H3/b4-3-,9-5-. The second-order valence-corrected chi connectivity index (χ2v) is 12.0. The topological polar surface area (TPSA) is 30.2 Å². The summed E-state index contributed by atoms with van der Waals surface area (Å²) >= 11 is 0. The van der Waals surface area contributed by atoms with Gasteiger partial charge in [0.2, 0.25) is 0 Å². The molecule has 48 heavy (non-hydrogen) atoms. The number of allylic oxidation sites excluding steroid dienone is 4. The van der Waals surface area contributed by atoms with Crippen molar-refractivity contribution >= 4 is 27.1 Å². The Morgan fingerprint density at radius 1 is 0.583 bits per heavy atom. The van der Waals surface area contributed by atoms with Crippen LogP contribution in [-0.4, -0.2) is 14.4 Å². The average Bonchev–Trinajstić information content (AvgIpc) is 3.55. The lowest BCUT2D eigenvalue weighted by Gasteiger charge is -2.18. The fourth-order valence-corrected chi connectivity index (χ4v) is 6.81. The minimum Gasteiger partial charge on any atom is -0.299 e. The van der Waals surface area contributed by atoms with E-state index in [1.54, 1.807) is 0 Å². The van der Waals surface area contributed by atoms with Crippen molar-refractivity contribution in [2.24, 2.45) is 0 Å². The fraction of sp³-hybridized carbons (Fsp3) is 0.0667. The number of hydrogen-bond donors (Lipinski definition) is 0. The van der Waals surface area contributed by atoms with Gasteiger partial charge in [0, 0.05) is 18.0 Å². The van der Waals surface area contributed by atoms with E-state index < -0.39 is 0 Å². The molecule has 0 atom stereocenters. The molecule has 3 heteroatoms. The zero-order chi connectivity index (χ0) is 32.3. The summed E-state index contributed by atoms with van der Waals surface area (Å²) in [7, 11) is 0. The zero-order valence-electron chi connectivity index (χ0n) is 26.9. The van der Waals surface area contributed by atoms with Crippen molar-refractivity contribution < 1.29 is 0 Å². The molecule has 0 spiro atoms. The van der Waals surface area contributed by atoms with Crippen molar-refractivity contribution in [1.82, 2.24) is 14.4 Å². The molecule has 3 aromatic heterocycles. The number of hydrogen-bond acceptors (Lipinski definition) is 2. The predicted octanol–water partition coefficient (Wildman–Crippen LogP) is 11.8. The van der Waals surface area contributed by atoms with Crippen LogP contribution in [0.3, 0.4) is 0 Å². The second kappa shape index (κ2) is 13.0. The summed E-state index contributed by atoms with van der Waals surface area (Å²) in [5.41, 5.74) is 10.1. The smallest absolute Gasteiger partial charge is 0.145 e. The van der Waals surface area contributed by atoms with Crippen LogP contribution in [-0.2, 0) is 6.42 Å². The van der Waals surface area contributed by atoms with E-state index in [-0.39, 0.29) is 0 Å². The lowest BCUT2D eigenvalue weighted by atomic mass is 9.86. The molecule has 0 amide bonds. The second-order valence-electron chi connectivity index (χ2n) is 12.0. The monoisotopic (exact) mass is 617 g/mol. The number of benzene rings is 5. The van der Waals surface area contributed by atoms with Crippen LogP contribution in [0.1, 0.15) is 18.9 Å². The quantitative estimate of drug-likeness (QED) is 0.125. The van der Waals surface area contributed by atoms with Crippen LogP contribution in [0.15, 0.2) is 170 Å². The van der Waals surface area contributed by atoms with Gasteiger partial charge in [0.25, 0.3) is 0 Å². The Kier molecular flexibility index (Phi) is 7.93. The molecule has 0 aliphatic heterocycles. The average molecular weight is 618 g/mol. The van der Waals surface area contributed by atoms with E-state index in [2.05, 4.69) is 156 Å². The largest absolute Gasteiger partial charge is 0.299 e. The zero-order valence-corrected chi connectivity index (χ0v) is 26.9. The molecule has 3 heterocycles. The molecule has 0 saturated heterocycles. The van der Waals surface area contributed by atoms with E-state index in [9.17, 15) is 0 Å². The molecular weight excluding hydrogens is 583 g/mol. The summed E-state index contributed by atoms with van der Waals surface area (Å²) in [6.07, 6.45) is 14.6. The highest BCUT2D eigenvalue weighted by molar-refractivity contribution is 6.15. The van der Waals surface area contributed by atoms with Gasteiger partial charge in [-0.15, -0.1) is 0 Å². The molecule has 0 N–H and O–H groups in total. The highest BCUT2D eigenvalue weighted by atomic mass is 15.0. The van der Waals surface area contributed by atoms with Gasteiger partial charge in [-0.25, -0.2) is 4.98 Å². The molecular formula is C45H35N3. The predicted molar refractivity (Wildman–Crippen MR) is 202 cm³/mol. The number of nitrogens with zero attached hydrogens (tertiary/aromatic N) is 3. The van der Waals surface area contributed by atoms with Crippen LogP contribution in [0.2, 0.25) is 0 Å². The van der Waals surface area contributed by atoms with Gasteiger partial charge in [-0.1, -0.05) is 134 Å². The fourth-order valence-electron chi connectivity index (χ4n) is 6.81. The summed E-state index contributed by atoms with van der Waals surface area (Å²) in [5.74, 6) is 0.904. The third kappa shape index (κ3) is 5.40. The Hall–Kier alpha value is -6.06. The molecule has 8 rings (SSSR count). The summed E-state index contributed by atoms with van der Waals surface area (Å²) in [4.78, 5) is 9.67. The van der Waals surface area contributed by atoms with Gasteiger partial charge in [-0.3, -0.25) is 9.38 Å². The van der Waals surface area contributed by atoms with Crippen LogP contribution < -0.4 is 0 Å². The van der Waals surface area contributed by atoms with Gasteiger partial charge in [0.1, 0.15) is 11.5 Å². The van der Waals surface area contributed by atoms with Gasteiger partial charge in [0.05, 0.1) is 11.2 Å². The number of fused-ring (bicyclic) bond motifs is 3. The van der Waals surface area contributed by atoms with Gasteiger partial charge >= 0.3 is 0 Å². The summed E-state index contributed by atoms with van der Waals surface area (Å²) in [5, 5.41) is 5.16. The van der Waals surface area contributed by atoms with Crippen molar-refractivity contribution in [3.8, 4) is 45.0 Å². The van der Waals surface area contributed by atoms with Crippen LogP contribution in [0.4, 0.5) is 0 Å². The number of pyridine rings is 2. The molecule has 0 bridgehead atoms. The molecule has 3 nitrogen and oxygen atoms in total. The molecule has 0 fully saturated rings. The van der Waals surface area contributed by atoms with Gasteiger partial charge in [-0.05, 0) is 92.5 Å². The Morgan fingerprint density at radius 3 is 2.10 bits per heavy atom. The molecule has 0 saturated carbocycles. The number of imidazole rings is 1. The maximum atomic E-state index is 5.09. The SMILES string of the molecule is CC/C=C\C=C/Cc1c2ccccc2c(-c2ccccc2)c2ccc(-c3ccc(-c4nc(-c5ccccn5)c5ccccn45)cc3)cc12. The Labute approximate surface area is 281 Å². The van der Waals surface area contributed by atoms with E-state index in [1.165, 1.54) is 49.4 Å². The summed E-state index contributed by atoms with van der Waals surface area (Å²) < 4.78 is 2.15. The van der Waals surface area contributed by atoms with Crippen molar-refractivity contribution in [3.05, 3.63) is 176 Å². The van der Waals surface area contributed by atoms with E-state index in [1.807, 2.05) is 30.5 Å². The molecule has 8 aromatic rings. The van der Waals surface area contributed by atoms with Crippen LogP contribution in [0.5, 0.6) is 0 Å². The summed E-state index contributed by atoms with van der Waals surface area (Å²) in [6, 6.07) is 47.6. The molecule has 0 aliphatic carbocycles. The minimum absolute atomic E-state index is 0.855. The lowest BCUT2D eigenvalue weighted by molar-refractivity contribution is 1.16. The lowest BCUT2D eigenvalue weighted by Crippen LogP contribution is -1.94. The third-order valence-corrected chi connectivity index (χ3v) is 9.07. The van der Waals surface area contributed by atoms with Crippen LogP contribution >= 0.6 is 0 Å². The van der Waals surface area contributed by atoms with Crippen molar-refractivity contribution in [2.45, 2.75) is 19.8 Å². The van der Waals surface area contributed by atoms with Crippen molar-refractivity contribution in [1.29, 1.82) is 0 Å². The number of rotatable bonds is 8. The molecule has 0 radical (unpaired) electrons. The first-order valence-electron chi connectivity index (χ1n) is 16.6. The van der Waals surface area contributed by atoms with Gasteiger partial charge < -0.3 is 0 Å². The third-order valence-electron chi connectivity index (χ3n) is 9.07.